The van der Waals surface area contributed by atoms with Gasteiger partial charge in [0.25, 0.3) is 5.56 Å². The summed E-state index contributed by atoms with van der Waals surface area (Å²) in [6.07, 6.45) is 9.33. The molecule has 0 aliphatic carbocycles. The van der Waals surface area contributed by atoms with Gasteiger partial charge in [-0.25, -0.2) is 4.98 Å². The SMILES string of the molecule is CCC1CC(c2ncc3c(=O)[nH]c(Cc4ccc(-c5ccccn5)cc4)cn23)CCO1. The third kappa shape index (κ3) is 4.03. The van der Waals surface area contributed by atoms with Crippen LogP contribution in [-0.2, 0) is 11.2 Å². The highest BCUT2D eigenvalue weighted by Crippen LogP contribution is 2.30. The first kappa shape index (κ1) is 19.7. The molecule has 2 unspecified atom stereocenters. The van der Waals surface area contributed by atoms with Crippen LogP contribution in [-0.4, -0.2) is 32.1 Å². The summed E-state index contributed by atoms with van der Waals surface area (Å²) >= 11 is 0. The summed E-state index contributed by atoms with van der Waals surface area (Å²) in [4.78, 5) is 24.7. The van der Waals surface area contributed by atoms with Crippen LogP contribution in [0.4, 0.5) is 0 Å². The highest BCUT2D eigenvalue weighted by molar-refractivity contribution is 5.59. The van der Waals surface area contributed by atoms with Gasteiger partial charge in [0.2, 0.25) is 0 Å². The molecule has 0 radical (unpaired) electrons. The molecular formula is C25H26N4O2. The minimum absolute atomic E-state index is 0.0968. The lowest BCUT2D eigenvalue weighted by molar-refractivity contribution is 0.00350. The predicted molar refractivity (Wildman–Crippen MR) is 120 cm³/mol. The van der Waals surface area contributed by atoms with Crippen molar-refractivity contribution in [3.63, 3.8) is 0 Å². The zero-order valence-electron chi connectivity index (χ0n) is 17.6. The summed E-state index contributed by atoms with van der Waals surface area (Å²) in [5, 5.41) is 0. The van der Waals surface area contributed by atoms with E-state index in [-0.39, 0.29) is 11.7 Å². The molecule has 2 atom stereocenters. The average Bonchev–Trinajstić information content (AvgIpc) is 3.25. The number of nitrogens with zero attached hydrogens (tertiary/aromatic N) is 3. The molecular weight excluding hydrogens is 388 g/mol. The van der Waals surface area contributed by atoms with E-state index in [1.807, 2.05) is 28.8 Å². The highest BCUT2D eigenvalue weighted by atomic mass is 16.5. The quantitative estimate of drug-likeness (QED) is 0.527. The predicted octanol–water partition coefficient (Wildman–Crippen LogP) is 4.35. The lowest BCUT2D eigenvalue weighted by Crippen LogP contribution is -2.25. The summed E-state index contributed by atoms with van der Waals surface area (Å²) < 4.78 is 7.81. The largest absolute Gasteiger partial charge is 0.378 e. The Morgan fingerprint density at radius 1 is 1.16 bits per heavy atom. The van der Waals surface area contributed by atoms with Crippen LogP contribution in [0.15, 0.2) is 65.8 Å². The molecule has 6 heteroatoms. The van der Waals surface area contributed by atoms with Gasteiger partial charge in [0.1, 0.15) is 11.3 Å². The number of ether oxygens (including phenoxy) is 1. The number of imidazole rings is 1. The number of hydrogen-bond acceptors (Lipinski definition) is 4. The van der Waals surface area contributed by atoms with Gasteiger partial charge < -0.3 is 9.72 Å². The molecule has 158 valence electrons. The van der Waals surface area contributed by atoms with Crippen molar-refractivity contribution in [3.05, 3.63) is 88.5 Å². The number of aromatic amines is 1. The maximum atomic E-state index is 12.7. The Morgan fingerprint density at radius 3 is 2.81 bits per heavy atom. The monoisotopic (exact) mass is 414 g/mol. The fourth-order valence-corrected chi connectivity index (χ4v) is 4.41. The number of aromatic nitrogens is 4. The van der Waals surface area contributed by atoms with E-state index in [0.29, 0.717) is 17.9 Å². The molecule has 1 aliphatic heterocycles. The van der Waals surface area contributed by atoms with Crippen LogP contribution in [0, 0.1) is 0 Å². The molecule has 1 N–H and O–H groups in total. The number of nitrogens with one attached hydrogen (secondary N) is 1. The lowest BCUT2D eigenvalue weighted by Gasteiger charge is -2.28. The summed E-state index contributed by atoms with van der Waals surface area (Å²) in [5.74, 6) is 1.28. The molecule has 3 aromatic heterocycles. The van der Waals surface area contributed by atoms with Gasteiger partial charge in [-0.15, -0.1) is 0 Å². The average molecular weight is 415 g/mol. The van der Waals surface area contributed by atoms with Crippen LogP contribution in [0.2, 0.25) is 0 Å². The third-order valence-corrected chi connectivity index (χ3v) is 6.11. The summed E-state index contributed by atoms with van der Waals surface area (Å²) in [6, 6.07) is 14.2. The zero-order valence-corrected chi connectivity index (χ0v) is 17.6. The number of H-pyrrole nitrogens is 1. The minimum Gasteiger partial charge on any atom is -0.378 e. The number of hydrogen-bond donors (Lipinski definition) is 1. The van der Waals surface area contributed by atoms with Crippen molar-refractivity contribution in [1.82, 2.24) is 19.4 Å². The number of benzene rings is 1. The molecule has 0 saturated carbocycles. The van der Waals surface area contributed by atoms with Gasteiger partial charge in [0.15, 0.2) is 0 Å². The fraction of sp³-hybridized carbons (Fsp3) is 0.320. The maximum absolute atomic E-state index is 12.7. The van der Waals surface area contributed by atoms with Gasteiger partial charge in [0, 0.05) is 42.6 Å². The lowest BCUT2D eigenvalue weighted by atomic mass is 9.93. The van der Waals surface area contributed by atoms with E-state index in [1.54, 1.807) is 12.4 Å². The van der Waals surface area contributed by atoms with E-state index in [1.165, 1.54) is 0 Å². The van der Waals surface area contributed by atoms with Crippen molar-refractivity contribution in [2.45, 2.75) is 44.6 Å². The van der Waals surface area contributed by atoms with Gasteiger partial charge in [-0.2, -0.15) is 0 Å². The molecule has 0 amide bonds. The zero-order chi connectivity index (χ0) is 21.2. The first-order valence-corrected chi connectivity index (χ1v) is 10.9. The molecule has 5 rings (SSSR count). The maximum Gasteiger partial charge on any atom is 0.274 e. The van der Waals surface area contributed by atoms with Crippen molar-refractivity contribution in [2.24, 2.45) is 0 Å². The molecule has 0 bridgehead atoms. The second-order valence-corrected chi connectivity index (χ2v) is 8.19. The Balaban J connectivity index is 1.42. The van der Waals surface area contributed by atoms with Crippen molar-refractivity contribution >= 4 is 5.52 Å². The van der Waals surface area contributed by atoms with Crippen molar-refractivity contribution in [2.75, 3.05) is 6.61 Å². The molecule has 6 nitrogen and oxygen atoms in total. The van der Waals surface area contributed by atoms with Gasteiger partial charge in [-0.05, 0) is 37.0 Å². The van der Waals surface area contributed by atoms with E-state index in [2.05, 4.69) is 46.1 Å². The smallest absolute Gasteiger partial charge is 0.274 e. The number of rotatable bonds is 5. The molecule has 31 heavy (non-hydrogen) atoms. The molecule has 0 spiro atoms. The molecule has 4 aromatic rings. The van der Waals surface area contributed by atoms with Crippen LogP contribution < -0.4 is 5.56 Å². The van der Waals surface area contributed by atoms with Crippen LogP contribution in [0.25, 0.3) is 16.8 Å². The van der Waals surface area contributed by atoms with E-state index in [9.17, 15) is 4.79 Å². The highest BCUT2D eigenvalue weighted by Gasteiger charge is 2.26. The van der Waals surface area contributed by atoms with Gasteiger partial charge >= 0.3 is 0 Å². The first-order valence-electron chi connectivity index (χ1n) is 10.9. The van der Waals surface area contributed by atoms with Crippen molar-refractivity contribution in [1.29, 1.82) is 0 Å². The van der Waals surface area contributed by atoms with Gasteiger partial charge in [0.05, 0.1) is 18.0 Å². The molecule has 1 aliphatic rings. The van der Waals surface area contributed by atoms with E-state index in [0.717, 1.165) is 54.2 Å². The van der Waals surface area contributed by atoms with Crippen molar-refractivity contribution in [3.8, 4) is 11.3 Å². The Bertz CT molecular complexity index is 1230. The Hall–Kier alpha value is -3.25. The molecule has 4 heterocycles. The van der Waals surface area contributed by atoms with Crippen LogP contribution in [0.1, 0.15) is 49.2 Å². The van der Waals surface area contributed by atoms with Crippen LogP contribution in [0.3, 0.4) is 0 Å². The second kappa shape index (κ2) is 8.47. The molecule has 1 saturated heterocycles. The fourth-order valence-electron chi connectivity index (χ4n) is 4.41. The second-order valence-electron chi connectivity index (χ2n) is 8.19. The topological polar surface area (TPSA) is 72.3 Å². The van der Waals surface area contributed by atoms with Crippen molar-refractivity contribution < 1.29 is 4.74 Å². The Labute approximate surface area is 181 Å². The Kier molecular flexibility index (Phi) is 5.38. The summed E-state index contributed by atoms with van der Waals surface area (Å²) in [5.41, 5.74) is 4.54. The Morgan fingerprint density at radius 2 is 2.03 bits per heavy atom. The first-order chi connectivity index (χ1) is 15.2. The number of pyridine rings is 1. The van der Waals surface area contributed by atoms with E-state index in [4.69, 9.17) is 4.74 Å². The minimum atomic E-state index is -0.0968. The molecule has 1 aromatic carbocycles. The molecule has 1 fully saturated rings. The third-order valence-electron chi connectivity index (χ3n) is 6.11. The standard InChI is InChI=1S/C25H26N4O2/c1-2-21-14-19(10-12-31-21)24-27-15-23-25(30)28-20(16-29(23)24)13-17-6-8-18(9-7-17)22-5-3-4-11-26-22/h3-9,11,15-16,19,21H,2,10,12-14H2,1H3,(H,28,30). The van der Waals surface area contributed by atoms with Crippen LogP contribution >= 0.6 is 0 Å². The van der Waals surface area contributed by atoms with Gasteiger partial charge in [-0.3, -0.25) is 14.2 Å². The number of fused-ring (bicyclic) bond motifs is 1. The van der Waals surface area contributed by atoms with Gasteiger partial charge in [-0.1, -0.05) is 37.3 Å². The van der Waals surface area contributed by atoms with E-state index >= 15 is 0 Å². The normalized spacial score (nSPS) is 19.0. The van der Waals surface area contributed by atoms with E-state index < -0.39 is 0 Å². The summed E-state index contributed by atoms with van der Waals surface area (Å²) in [6.45, 7) is 2.90. The van der Waals surface area contributed by atoms with Crippen LogP contribution in [0.5, 0.6) is 0 Å². The summed E-state index contributed by atoms with van der Waals surface area (Å²) in [7, 11) is 0.